The monoisotopic (exact) mass is 351 g/mol. The second kappa shape index (κ2) is 8.05. The summed E-state index contributed by atoms with van der Waals surface area (Å²) in [6.45, 7) is 1.57. The van der Waals surface area contributed by atoms with Gasteiger partial charge in [0, 0.05) is 0 Å². The molecule has 2 N–H and O–H groups in total. The molecular weight excluding hydrogens is 330 g/mol. The number of anilines is 1. The minimum Gasteiger partial charge on any atom is -0.495 e. The number of imide groups is 1. The summed E-state index contributed by atoms with van der Waals surface area (Å²) in [6, 6.07) is 4.30. The van der Waals surface area contributed by atoms with Crippen molar-refractivity contribution in [1.82, 2.24) is 10.2 Å². The number of urea groups is 1. The van der Waals surface area contributed by atoms with Gasteiger partial charge in [0.2, 0.25) is 5.91 Å². The first-order valence-electron chi connectivity index (χ1n) is 7.51. The van der Waals surface area contributed by atoms with Crippen molar-refractivity contribution >= 4 is 35.3 Å². The molecule has 0 saturated carbocycles. The Balaban J connectivity index is 2.01. The molecule has 1 atom stereocenters. The van der Waals surface area contributed by atoms with Crippen LogP contribution in [0.15, 0.2) is 18.2 Å². The molecule has 1 saturated heterocycles. The van der Waals surface area contributed by atoms with Gasteiger partial charge in [-0.3, -0.25) is 14.5 Å². The first-order chi connectivity index (χ1) is 11.5. The predicted octanol–water partition coefficient (Wildman–Crippen LogP) is 1.62. The van der Waals surface area contributed by atoms with Gasteiger partial charge in [0.25, 0.3) is 5.91 Å². The zero-order valence-corrected chi connectivity index (χ0v) is 14.7. The Morgan fingerprint density at radius 1 is 1.42 bits per heavy atom. The van der Waals surface area contributed by atoms with Crippen molar-refractivity contribution in [2.45, 2.75) is 19.4 Å². The standard InChI is InChI=1S/C16H21N3O4S/c1-10-4-5-13(23-2)12(8-10)17-14(20)9-19-15(21)11(6-7-24-3)18-16(19)22/h4-5,8,11H,6-7,9H2,1-3H3,(H,17,20)(H,18,22)/t11-/m0/s1. The average Bonchev–Trinajstić information content (AvgIpc) is 2.80. The van der Waals surface area contributed by atoms with Crippen LogP contribution in [0.1, 0.15) is 12.0 Å². The highest BCUT2D eigenvalue weighted by molar-refractivity contribution is 7.98. The number of ether oxygens (including phenoxy) is 1. The van der Waals surface area contributed by atoms with Crippen LogP contribution in [0.25, 0.3) is 0 Å². The summed E-state index contributed by atoms with van der Waals surface area (Å²) in [4.78, 5) is 37.3. The zero-order valence-electron chi connectivity index (χ0n) is 13.9. The van der Waals surface area contributed by atoms with Crippen molar-refractivity contribution in [3.05, 3.63) is 23.8 Å². The Morgan fingerprint density at radius 2 is 2.17 bits per heavy atom. The van der Waals surface area contributed by atoms with Gasteiger partial charge in [-0.05, 0) is 43.0 Å². The van der Waals surface area contributed by atoms with Crippen LogP contribution in [0.5, 0.6) is 5.75 Å². The fourth-order valence-electron chi connectivity index (χ4n) is 2.41. The van der Waals surface area contributed by atoms with E-state index in [1.165, 1.54) is 7.11 Å². The second-order valence-electron chi connectivity index (χ2n) is 5.46. The summed E-state index contributed by atoms with van der Waals surface area (Å²) in [6.07, 6.45) is 2.48. The van der Waals surface area contributed by atoms with Crippen LogP contribution >= 0.6 is 11.8 Å². The summed E-state index contributed by atoms with van der Waals surface area (Å²) in [7, 11) is 1.51. The van der Waals surface area contributed by atoms with E-state index in [9.17, 15) is 14.4 Å². The van der Waals surface area contributed by atoms with Gasteiger partial charge in [0.15, 0.2) is 0 Å². The Bertz CT molecular complexity index is 650. The van der Waals surface area contributed by atoms with Crippen LogP contribution in [0, 0.1) is 6.92 Å². The second-order valence-corrected chi connectivity index (χ2v) is 6.45. The molecule has 0 aromatic heterocycles. The van der Waals surface area contributed by atoms with E-state index in [0.717, 1.165) is 16.2 Å². The van der Waals surface area contributed by atoms with Gasteiger partial charge in [0.05, 0.1) is 12.8 Å². The minimum atomic E-state index is -0.550. The highest BCUT2D eigenvalue weighted by atomic mass is 32.2. The maximum absolute atomic E-state index is 12.2. The number of rotatable bonds is 7. The van der Waals surface area contributed by atoms with Crippen molar-refractivity contribution in [1.29, 1.82) is 0 Å². The number of carbonyl (C=O) groups is 3. The zero-order chi connectivity index (χ0) is 17.7. The molecule has 1 heterocycles. The SMILES string of the molecule is COc1ccc(C)cc1NC(=O)CN1C(=O)N[C@@H](CCSC)C1=O. The number of nitrogens with zero attached hydrogens (tertiary/aromatic N) is 1. The first-order valence-corrected chi connectivity index (χ1v) is 8.91. The number of methoxy groups -OCH3 is 1. The smallest absolute Gasteiger partial charge is 0.325 e. The van der Waals surface area contributed by atoms with E-state index in [4.69, 9.17) is 4.74 Å². The summed E-state index contributed by atoms with van der Waals surface area (Å²) in [5.74, 6) is 0.467. The molecule has 4 amide bonds. The van der Waals surface area contributed by atoms with Gasteiger partial charge in [-0.2, -0.15) is 11.8 Å². The van der Waals surface area contributed by atoms with Crippen LogP contribution in [-0.2, 0) is 9.59 Å². The summed E-state index contributed by atoms with van der Waals surface area (Å²) >= 11 is 1.60. The first kappa shape index (κ1) is 18.1. The molecule has 0 aliphatic carbocycles. The third-order valence-corrected chi connectivity index (χ3v) is 4.29. The number of amides is 4. The van der Waals surface area contributed by atoms with Gasteiger partial charge in [0.1, 0.15) is 18.3 Å². The van der Waals surface area contributed by atoms with Crippen LogP contribution in [-0.4, -0.2) is 54.5 Å². The molecule has 0 radical (unpaired) electrons. The molecule has 0 bridgehead atoms. The van der Waals surface area contributed by atoms with Crippen molar-refractivity contribution in [3.8, 4) is 5.75 Å². The lowest BCUT2D eigenvalue weighted by atomic mass is 10.2. The number of aryl methyl sites for hydroxylation is 1. The average molecular weight is 351 g/mol. The molecule has 1 aromatic rings. The minimum absolute atomic E-state index is 0.322. The lowest BCUT2D eigenvalue weighted by Crippen LogP contribution is -2.38. The Kier molecular flexibility index (Phi) is 6.08. The fraction of sp³-hybridized carbons (Fsp3) is 0.438. The number of carbonyl (C=O) groups excluding carboxylic acids is 3. The summed E-state index contributed by atoms with van der Waals surface area (Å²) in [5, 5.41) is 5.30. The Labute approximate surface area is 145 Å². The molecule has 1 aliphatic rings. The molecule has 7 nitrogen and oxygen atoms in total. The van der Waals surface area contributed by atoms with E-state index in [-0.39, 0.29) is 12.5 Å². The molecule has 0 unspecified atom stereocenters. The maximum atomic E-state index is 12.2. The highest BCUT2D eigenvalue weighted by Gasteiger charge is 2.38. The van der Waals surface area contributed by atoms with E-state index in [1.807, 2.05) is 19.2 Å². The molecule has 8 heteroatoms. The van der Waals surface area contributed by atoms with Crippen molar-refractivity contribution in [2.24, 2.45) is 0 Å². The topological polar surface area (TPSA) is 87.7 Å². The van der Waals surface area contributed by atoms with Gasteiger partial charge in [-0.1, -0.05) is 6.07 Å². The van der Waals surface area contributed by atoms with Crippen LogP contribution in [0.2, 0.25) is 0 Å². The number of thioether (sulfide) groups is 1. The molecule has 0 spiro atoms. The van der Waals surface area contributed by atoms with Gasteiger partial charge < -0.3 is 15.4 Å². The maximum Gasteiger partial charge on any atom is 0.325 e. The normalized spacial score (nSPS) is 17.0. The molecule has 2 rings (SSSR count). The molecule has 130 valence electrons. The van der Waals surface area contributed by atoms with E-state index >= 15 is 0 Å². The third-order valence-electron chi connectivity index (χ3n) is 3.65. The largest absolute Gasteiger partial charge is 0.495 e. The Morgan fingerprint density at radius 3 is 2.83 bits per heavy atom. The number of benzene rings is 1. The molecule has 24 heavy (non-hydrogen) atoms. The van der Waals surface area contributed by atoms with Gasteiger partial charge in [-0.15, -0.1) is 0 Å². The molecule has 1 aliphatic heterocycles. The lowest BCUT2D eigenvalue weighted by molar-refractivity contribution is -0.130. The number of hydrogen-bond donors (Lipinski definition) is 2. The van der Waals surface area contributed by atoms with Crippen molar-refractivity contribution in [2.75, 3.05) is 31.0 Å². The van der Waals surface area contributed by atoms with Crippen molar-refractivity contribution < 1.29 is 19.1 Å². The third kappa shape index (κ3) is 4.19. The van der Waals surface area contributed by atoms with E-state index < -0.39 is 18.0 Å². The van der Waals surface area contributed by atoms with E-state index in [0.29, 0.717) is 17.9 Å². The lowest BCUT2D eigenvalue weighted by Gasteiger charge is -2.15. The van der Waals surface area contributed by atoms with Gasteiger partial charge in [-0.25, -0.2) is 4.79 Å². The molecule has 1 aromatic carbocycles. The Hall–Kier alpha value is -2.22. The van der Waals surface area contributed by atoms with E-state index in [2.05, 4.69) is 10.6 Å². The number of hydrogen-bond acceptors (Lipinski definition) is 5. The van der Waals surface area contributed by atoms with Crippen molar-refractivity contribution in [3.63, 3.8) is 0 Å². The van der Waals surface area contributed by atoms with Gasteiger partial charge >= 0.3 is 6.03 Å². The predicted molar refractivity (Wildman–Crippen MR) is 93.4 cm³/mol. The molecule has 1 fully saturated rings. The fourth-order valence-corrected chi connectivity index (χ4v) is 2.88. The van der Waals surface area contributed by atoms with Crippen LogP contribution in [0.3, 0.4) is 0 Å². The van der Waals surface area contributed by atoms with Crippen LogP contribution in [0.4, 0.5) is 10.5 Å². The number of nitrogens with one attached hydrogen (secondary N) is 2. The highest BCUT2D eigenvalue weighted by Crippen LogP contribution is 2.25. The molecular formula is C16H21N3O4S. The van der Waals surface area contributed by atoms with Crippen LogP contribution < -0.4 is 15.4 Å². The summed E-state index contributed by atoms with van der Waals surface area (Å²) in [5.41, 5.74) is 1.46. The summed E-state index contributed by atoms with van der Waals surface area (Å²) < 4.78 is 5.20. The quantitative estimate of drug-likeness (QED) is 0.729. The van der Waals surface area contributed by atoms with E-state index in [1.54, 1.807) is 23.9 Å².